The van der Waals surface area contributed by atoms with Crippen LogP contribution in [0.5, 0.6) is 0 Å². The van der Waals surface area contributed by atoms with Crippen LogP contribution >= 0.6 is 15.9 Å². The fourth-order valence-corrected chi connectivity index (χ4v) is 2.84. The number of hydrogen-bond acceptors (Lipinski definition) is 4. The van der Waals surface area contributed by atoms with Crippen molar-refractivity contribution in [3.63, 3.8) is 0 Å². The van der Waals surface area contributed by atoms with E-state index in [1.165, 1.54) is 6.20 Å². The topological polar surface area (TPSA) is 84.7 Å². The number of nitrogens with zero attached hydrogens (tertiary/aromatic N) is 3. The van der Waals surface area contributed by atoms with Gasteiger partial charge in [0.15, 0.2) is 0 Å². The van der Waals surface area contributed by atoms with Gasteiger partial charge in [-0.3, -0.25) is 9.59 Å². The van der Waals surface area contributed by atoms with Crippen molar-refractivity contribution in [3.8, 4) is 5.69 Å². The van der Waals surface area contributed by atoms with Crippen molar-refractivity contribution in [2.24, 2.45) is 0 Å². The minimum atomic E-state index is -0.933. The van der Waals surface area contributed by atoms with Crippen LogP contribution in [0.15, 0.2) is 41.1 Å². The van der Waals surface area contributed by atoms with Crippen molar-refractivity contribution in [2.75, 3.05) is 19.7 Å². The Balaban J connectivity index is 1.71. The monoisotopic (exact) mass is 393 g/mol. The molecule has 0 aliphatic carbocycles. The molecule has 8 heteroatoms. The summed E-state index contributed by atoms with van der Waals surface area (Å²) < 4.78 is 7.99. The predicted molar refractivity (Wildman–Crippen MR) is 89.2 cm³/mol. The van der Waals surface area contributed by atoms with E-state index in [0.717, 1.165) is 10.2 Å². The molecule has 7 nitrogen and oxygen atoms in total. The quantitative estimate of drug-likeness (QED) is 0.857. The maximum atomic E-state index is 12.6. The molecule has 2 heterocycles. The first-order valence-corrected chi connectivity index (χ1v) is 8.25. The lowest BCUT2D eigenvalue weighted by molar-refractivity contribution is -0.141. The lowest BCUT2D eigenvalue weighted by Gasteiger charge is -2.32. The molecular formula is C16H16BrN3O4. The summed E-state index contributed by atoms with van der Waals surface area (Å²) >= 11 is 3.38. The number of morpholine rings is 1. The molecule has 1 aromatic carbocycles. The van der Waals surface area contributed by atoms with E-state index in [4.69, 9.17) is 9.84 Å². The molecule has 3 rings (SSSR count). The van der Waals surface area contributed by atoms with Crippen LogP contribution in [-0.4, -0.2) is 57.5 Å². The van der Waals surface area contributed by atoms with E-state index in [1.807, 2.05) is 24.3 Å². The first-order valence-electron chi connectivity index (χ1n) is 7.46. The summed E-state index contributed by atoms with van der Waals surface area (Å²) in [6, 6.07) is 7.58. The Labute approximate surface area is 147 Å². The van der Waals surface area contributed by atoms with Gasteiger partial charge < -0.3 is 14.7 Å². The number of halogens is 1. The number of carboxylic acids is 1. The van der Waals surface area contributed by atoms with Gasteiger partial charge in [-0.05, 0) is 24.3 Å². The Morgan fingerprint density at radius 3 is 2.79 bits per heavy atom. The third kappa shape index (κ3) is 3.82. The number of aliphatic carboxylic acids is 1. The lowest BCUT2D eigenvalue weighted by Crippen LogP contribution is -2.46. The smallest absolute Gasteiger partial charge is 0.306 e. The molecule has 2 aromatic rings. The predicted octanol–water partition coefficient (Wildman–Crippen LogP) is 1.95. The van der Waals surface area contributed by atoms with Crippen molar-refractivity contribution < 1.29 is 19.4 Å². The van der Waals surface area contributed by atoms with Crippen molar-refractivity contribution in [1.82, 2.24) is 14.7 Å². The van der Waals surface area contributed by atoms with E-state index in [2.05, 4.69) is 21.0 Å². The second kappa shape index (κ2) is 7.14. The van der Waals surface area contributed by atoms with Crippen LogP contribution < -0.4 is 0 Å². The molecule has 1 atom stereocenters. The van der Waals surface area contributed by atoms with Gasteiger partial charge in [0.25, 0.3) is 5.91 Å². The average Bonchev–Trinajstić information content (AvgIpc) is 3.04. The minimum Gasteiger partial charge on any atom is -0.481 e. The van der Waals surface area contributed by atoms with Crippen molar-refractivity contribution >= 4 is 27.8 Å². The van der Waals surface area contributed by atoms with Crippen LogP contribution in [0.2, 0.25) is 0 Å². The number of amides is 1. The lowest BCUT2D eigenvalue weighted by atomic mass is 10.2. The molecule has 1 amide bonds. The van der Waals surface area contributed by atoms with E-state index >= 15 is 0 Å². The number of benzene rings is 1. The first kappa shape index (κ1) is 16.7. The molecule has 1 N–H and O–H groups in total. The third-order valence-corrected chi connectivity index (χ3v) is 4.28. The highest BCUT2D eigenvalue weighted by Crippen LogP contribution is 2.16. The molecule has 0 bridgehead atoms. The van der Waals surface area contributed by atoms with Crippen LogP contribution in [-0.2, 0) is 9.53 Å². The maximum Gasteiger partial charge on any atom is 0.306 e. The summed E-state index contributed by atoms with van der Waals surface area (Å²) in [5, 5.41) is 13.1. The minimum absolute atomic E-state index is 0.109. The highest BCUT2D eigenvalue weighted by Gasteiger charge is 2.27. The summed E-state index contributed by atoms with van der Waals surface area (Å²) in [6.07, 6.45) is 2.61. The maximum absolute atomic E-state index is 12.6. The van der Waals surface area contributed by atoms with E-state index in [-0.39, 0.29) is 18.9 Å². The summed E-state index contributed by atoms with van der Waals surface area (Å²) in [4.78, 5) is 25.0. The van der Waals surface area contributed by atoms with Gasteiger partial charge in [0.05, 0.1) is 36.6 Å². The van der Waals surface area contributed by atoms with E-state index in [0.29, 0.717) is 18.7 Å². The molecule has 1 aromatic heterocycles. The number of carboxylic acid groups (broad SMARTS) is 1. The van der Waals surface area contributed by atoms with Gasteiger partial charge in [-0.25, -0.2) is 4.68 Å². The summed E-state index contributed by atoms with van der Waals surface area (Å²) in [7, 11) is 0. The number of carbonyl (C=O) groups is 2. The summed E-state index contributed by atoms with van der Waals surface area (Å²) in [5.74, 6) is -1.10. The van der Waals surface area contributed by atoms with Gasteiger partial charge in [0.1, 0.15) is 0 Å². The normalized spacial score (nSPS) is 17.7. The number of carbonyl (C=O) groups excluding carboxylic acids is 1. The molecule has 24 heavy (non-hydrogen) atoms. The standard InChI is InChI=1S/C16H16BrN3O4/c17-12-1-3-13(4-2-12)20-9-11(8-18-20)16(23)19-5-6-24-14(10-19)7-15(21)22/h1-4,8-9,14H,5-7,10H2,(H,21,22). The van der Waals surface area contributed by atoms with Gasteiger partial charge in [0.2, 0.25) is 0 Å². The van der Waals surface area contributed by atoms with Gasteiger partial charge in [0, 0.05) is 23.8 Å². The molecule has 1 unspecified atom stereocenters. The van der Waals surface area contributed by atoms with Gasteiger partial charge in [-0.1, -0.05) is 15.9 Å². The zero-order chi connectivity index (χ0) is 17.1. The fraction of sp³-hybridized carbons (Fsp3) is 0.312. The van der Waals surface area contributed by atoms with Crippen LogP contribution in [0.1, 0.15) is 16.8 Å². The molecule has 0 saturated carbocycles. The van der Waals surface area contributed by atoms with Gasteiger partial charge in [-0.15, -0.1) is 0 Å². The molecule has 0 spiro atoms. The van der Waals surface area contributed by atoms with Crippen molar-refractivity contribution in [1.29, 1.82) is 0 Å². The van der Waals surface area contributed by atoms with Crippen LogP contribution in [0.4, 0.5) is 0 Å². The highest BCUT2D eigenvalue weighted by molar-refractivity contribution is 9.10. The Morgan fingerprint density at radius 2 is 2.08 bits per heavy atom. The number of rotatable bonds is 4. The summed E-state index contributed by atoms with van der Waals surface area (Å²) in [5.41, 5.74) is 1.32. The van der Waals surface area contributed by atoms with Gasteiger partial charge in [-0.2, -0.15) is 5.10 Å². The molecule has 1 saturated heterocycles. The largest absolute Gasteiger partial charge is 0.481 e. The zero-order valence-electron chi connectivity index (χ0n) is 12.8. The fourth-order valence-electron chi connectivity index (χ4n) is 2.57. The Hall–Kier alpha value is -2.19. The zero-order valence-corrected chi connectivity index (χ0v) is 14.3. The number of hydrogen-bond donors (Lipinski definition) is 1. The molecule has 1 fully saturated rings. The van der Waals surface area contributed by atoms with E-state index < -0.39 is 12.1 Å². The van der Waals surface area contributed by atoms with Crippen molar-refractivity contribution in [2.45, 2.75) is 12.5 Å². The average molecular weight is 394 g/mol. The summed E-state index contributed by atoms with van der Waals surface area (Å²) in [6.45, 7) is 1.05. The van der Waals surface area contributed by atoms with E-state index in [9.17, 15) is 9.59 Å². The number of aromatic nitrogens is 2. The van der Waals surface area contributed by atoms with Crippen LogP contribution in [0.3, 0.4) is 0 Å². The molecule has 1 aliphatic rings. The molecule has 126 valence electrons. The number of ether oxygens (including phenoxy) is 1. The Bertz CT molecular complexity index is 744. The molecular weight excluding hydrogens is 378 g/mol. The van der Waals surface area contributed by atoms with Gasteiger partial charge >= 0.3 is 5.97 Å². The van der Waals surface area contributed by atoms with Crippen LogP contribution in [0, 0.1) is 0 Å². The Kier molecular flexibility index (Phi) is 4.96. The first-order chi connectivity index (χ1) is 11.5. The second-order valence-corrected chi connectivity index (χ2v) is 6.41. The van der Waals surface area contributed by atoms with E-state index in [1.54, 1.807) is 15.8 Å². The molecule has 1 aliphatic heterocycles. The highest BCUT2D eigenvalue weighted by atomic mass is 79.9. The molecule has 0 radical (unpaired) electrons. The second-order valence-electron chi connectivity index (χ2n) is 5.49. The third-order valence-electron chi connectivity index (χ3n) is 3.75. The Morgan fingerprint density at radius 1 is 1.33 bits per heavy atom. The SMILES string of the molecule is O=C(O)CC1CN(C(=O)c2cnn(-c3ccc(Br)cc3)c2)CCO1. The van der Waals surface area contributed by atoms with Crippen molar-refractivity contribution in [3.05, 3.63) is 46.7 Å². The van der Waals surface area contributed by atoms with Crippen LogP contribution in [0.25, 0.3) is 5.69 Å².